The van der Waals surface area contributed by atoms with Gasteiger partial charge in [0.25, 0.3) is 16.1 Å². The number of carbonyl (C=O) groups is 1. The Labute approximate surface area is 167 Å². The van der Waals surface area contributed by atoms with Crippen LogP contribution in [0.5, 0.6) is 0 Å². The molecule has 0 radical (unpaired) electrons. The highest BCUT2D eigenvalue weighted by Crippen LogP contribution is 2.21. The van der Waals surface area contributed by atoms with Crippen molar-refractivity contribution in [1.82, 2.24) is 13.5 Å². The summed E-state index contributed by atoms with van der Waals surface area (Å²) in [6, 6.07) is 6.28. The predicted octanol–water partition coefficient (Wildman–Crippen LogP) is 1.54. The number of benzene rings is 1. The molecule has 0 saturated carbocycles. The highest BCUT2D eigenvalue weighted by molar-refractivity contribution is 7.86. The van der Waals surface area contributed by atoms with Crippen molar-refractivity contribution in [1.29, 1.82) is 0 Å². The molecule has 8 nitrogen and oxygen atoms in total. The zero-order valence-corrected chi connectivity index (χ0v) is 16.7. The van der Waals surface area contributed by atoms with E-state index in [-0.39, 0.29) is 31.7 Å². The quantitative estimate of drug-likeness (QED) is 0.696. The average molecular weight is 426 g/mol. The van der Waals surface area contributed by atoms with Gasteiger partial charge < -0.3 is 9.32 Å². The van der Waals surface area contributed by atoms with Crippen LogP contribution in [0.4, 0.5) is 0 Å². The van der Waals surface area contributed by atoms with Crippen molar-refractivity contribution in [3.8, 4) is 0 Å². The number of rotatable bonds is 3. The maximum atomic E-state index is 12.8. The Morgan fingerprint density at radius 1 is 0.964 bits per heavy atom. The molecule has 10 heteroatoms. The molecule has 150 valence electrons. The van der Waals surface area contributed by atoms with Gasteiger partial charge in [0.05, 0.1) is 0 Å². The van der Waals surface area contributed by atoms with Crippen LogP contribution < -0.4 is 5.63 Å². The van der Waals surface area contributed by atoms with Crippen LogP contribution in [0.3, 0.4) is 0 Å². The molecule has 2 aliphatic heterocycles. The number of hydrogen-bond acceptors (Lipinski definition) is 5. The van der Waals surface area contributed by atoms with Crippen molar-refractivity contribution < 1.29 is 17.6 Å². The first-order valence-corrected chi connectivity index (χ1v) is 10.9. The number of fused-ring (bicyclic) bond motifs is 1. The second kappa shape index (κ2) is 7.47. The van der Waals surface area contributed by atoms with E-state index >= 15 is 0 Å². The Hall–Kier alpha value is -1.94. The lowest BCUT2D eigenvalue weighted by atomic mass is 10.1. The van der Waals surface area contributed by atoms with Crippen molar-refractivity contribution in [3.63, 3.8) is 0 Å². The van der Waals surface area contributed by atoms with Gasteiger partial charge in [-0.3, -0.25) is 4.79 Å². The molecule has 28 heavy (non-hydrogen) atoms. The minimum atomic E-state index is -3.48. The molecule has 0 spiro atoms. The minimum absolute atomic E-state index is 0.0781. The highest BCUT2D eigenvalue weighted by atomic mass is 35.5. The van der Waals surface area contributed by atoms with Crippen molar-refractivity contribution in [2.24, 2.45) is 0 Å². The van der Waals surface area contributed by atoms with Crippen molar-refractivity contribution in [3.05, 3.63) is 45.3 Å². The van der Waals surface area contributed by atoms with Gasteiger partial charge in [-0.05, 0) is 37.1 Å². The lowest BCUT2D eigenvalue weighted by Gasteiger charge is -2.35. The smallest absolute Gasteiger partial charge is 0.349 e. The molecule has 0 bridgehead atoms. The van der Waals surface area contributed by atoms with Gasteiger partial charge in [-0.15, -0.1) is 0 Å². The van der Waals surface area contributed by atoms with E-state index in [0.29, 0.717) is 29.1 Å². The van der Waals surface area contributed by atoms with Crippen molar-refractivity contribution >= 4 is 38.7 Å². The van der Waals surface area contributed by atoms with E-state index < -0.39 is 21.7 Å². The Morgan fingerprint density at radius 3 is 2.29 bits per heavy atom. The maximum absolute atomic E-state index is 12.8. The Bertz CT molecular complexity index is 1070. The molecule has 1 aromatic heterocycles. The molecule has 0 aliphatic carbocycles. The van der Waals surface area contributed by atoms with E-state index in [1.807, 2.05) is 0 Å². The number of nitrogens with zero attached hydrogens (tertiary/aromatic N) is 3. The summed E-state index contributed by atoms with van der Waals surface area (Å²) in [5.41, 5.74) is -0.440. The molecule has 1 aromatic carbocycles. The van der Waals surface area contributed by atoms with Crippen LogP contribution in [-0.2, 0) is 10.2 Å². The fraction of sp³-hybridized carbons (Fsp3) is 0.444. The summed E-state index contributed by atoms with van der Waals surface area (Å²) in [7, 11) is -3.48. The zero-order chi connectivity index (χ0) is 19.9. The number of carbonyl (C=O) groups excluding carboxylic acids is 1. The summed E-state index contributed by atoms with van der Waals surface area (Å²) in [5, 5.41) is 1.03. The van der Waals surface area contributed by atoms with Gasteiger partial charge in [-0.1, -0.05) is 11.6 Å². The van der Waals surface area contributed by atoms with Crippen LogP contribution in [0.1, 0.15) is 23.2 Å². The summed E-state index contributed by atoms with van der Waals surface area (Å²) in [6.45, 7) is 1.94. The van der Waals surface area contributed by atoms with Crippen LogP contribution >= 0.6 is 11.6 Å². The fourth-order valence-electron chi connectivity index (χ4n) is 3.62. The first-order chi connectivity index (χ1) is 13.4. The number of amides is 1. The molecule has 2 saturated heterocycles. The topological polar surface area (TPSA) is 91.1 Å². The van der Waals surface area contributed by atoms with Crippen LogP contribution in [0.15, 0.2) is 33.5 Å². The largest absolute Gasteiger partial charge is 0.422 e. The van der Waals surface area contributed by atoms with Gasteiger partial charge in [0, 0.05) is 49.7 Å². The molecule has 4 rings (SSSR count). The Kier molecular flexibility index (Phi) is 5.17. The third kappa shape index (κ3) is 3.55. The molecule has 3 heterocycles. The summed E-state index contributed by atoms with van der Waals surface area (Å²) >= 11 is 5.97. The number of halogens is 1. The molecular weight excluding hydrogens is 406 g/mol. The van der Waals surface area contributed by atoms with E-state index in [1.54, 1.807) is 18.2 Å². The molecule has 1 amide bonds. The zero-order valence-electron chi connectivity index (χ0n) is 15.1. The fourth-order valence-corrected chi connectivity index (χ4v) is 5.47. The first-order valence-electron chi connectivity index (χ1n) is 9.14. The SMILES string of the molecule is O=C(c1cc2cc(Cl)ccc2oc1=O)N1CCN(S(=O)(=O)N2CCCC2)CC1. The molecule has 0 N–H and O–H groups in total. The maximum Gasteiger partial charge on any atom is 0.349 e. The van der Waals surface area contributed by atoms with Gasteiger partial charge >= 0.3 is 5.63 Å². The molecule has 0 atom stereocenters. The van der Waals surface area contributed by atoms with Crippen LogP contribution in [0, 0.1) is 0 Å². The monoisotopic (exact) mass is 425 g/mol. The van der Waals surface area contributed by atoms with E-state index in [4.69, 9.17) is 16.0 Å². The van der Waals surface area contributed by atoms with E-state index in [9.17, 15) is 18.0 Å². The second-order valence-corrected chi connectivity index (χ2v) is 9.30. The standard InChI is InChI=1S/C18H20ClN3O5S/c19-14-3-4-16-13(11-14)12-15(18(24)27-16)17(23)20-7-9-22(10-8-20)28(25,26)21-5-1-2-6-21/h3-4,11-12H,1-2,5-10H2. The van der Waals surface area contributed by atoms with E-state index in [1.165, 1.54) is 19.6 Å². The summed E-state index contributed by atoms with van der Waals surface area (Å²) in [5.74, 6) is -0.464. The van der Waals surface area contributed by atoms with Gasteiger partial charge in [-0.25, -0.2) is 4.79 Å². The Balaban J connectivity index is 1.50. The first kappa shape index (κ1) is 19.4. The van der Waals surface area contributed by atoms with E-state index in [0.717, 1.165) is 12.8 Å². The van der Waals surface area contributed by atoms with Crippen molar-refractivity contribution in [2.45, 2.75) is 12.8 Å². The molecule has 2 fully saturated rings. The third-order valence-electron chi connectivity index (χ3n) is 5.17. The lowest BCUT2D eigenvalue weighted by molar-refractivity contribution is 0.0690. The molecule has 2 aromatic rings. The van der Waals surface area contributed by atoms with E-state index in [2.05, 4.69) is 0 Å². The van der Waals surface area contributed by atoms with Gasteiger partial charge in [0.1, 0.15) is 11.1 Å². The summed E-state index contributed by atoms with van der Waals surface area (Å²) in [6.07, 6.45) is 1.75. The van der Waals surface area contributed by atoms with Gasteiger partial charge in [-0.2, -0.15) is 17.0 Å². The molecule has 0 unspecified atom stereocenters. The van der Waals surface area contributed by atoms with Crippen LogP contribution in [0.25, 0.3) is 11.0 Å². The highest BCUT2D eigenvalue weighted by Gasteiger charge is 2.35. The predicted molar refractivity (Wildman–Crippen MR) is 105 cm³/mol. The second-order valence-electron chi connectivity index (χ2n) is 6.93. The van der Waals surface area contributed by atoms with Gasteiger partial charge in [0.15, 0.2) is 0 Å². The van der Waals surface area contributed by atoms with Gasteiger partial charge in [0.2, 0.25) is 0 Å². The summed E-state index contributed by atoms with van der Waals surface area (Å²) in [4.78, 5) is 26.5. The minimum Gasteiger partial charge on any atom is -0.422 e. The summed E-state index contributed by atoms with van der Waals surface area (Å²) < 4.78 is 33.4. The third-order valence-corrected chi connectivity index (χ3v) is 7.44. The Morgan fingerprint density at radius 2 is 1.61 bits per heavy atom. The molecular formula is C18H20ClN3O5S. The van der Waals surface area contributed by atoms with Crippen LogP contribution in [-0.4, -0.2) is 67.1 Å². The molecule has 2 aliphatic rings. The lowest BCUT2D eigenvalue weighted by Crippen LogP contribution is -2.54. The van der Waals surface area contributed by atoms with Crippen molar-refractivity contribution in [2.75, 3.05) is 39.3 Å². The normalized spacial score (nSPS) is 19.4. The number of piperazine rings is 1. The number of hydrogen-bond donors (Lipinski definition) is 0. The van der Waals surface area contributed by atoms with Crippen LogP contribution in [0.2, 0.25) is 5.02 Å². The average Bonchev–Trinajstić information content (AvgIpc) is 3.23.